The lowest BCUT2D eigenvalue weighted by atomic mass is 9.92. The number of hydrogen-bond donors (Lipinski definition) is 1. The summed E-state index contributed by atoms with van der Waals surface area (Å²) >= 11 is 0. The van der Waals surface area contributed by atoms with Gasteiger partial charge in [-0.2, -0.15) is 0 Å². The molecule has 122 valence electrons. The number of primary amides is 1. The van der Waals surface area contributed by atoms with Gasteiger partial charge in [-0.15, -0.1) is 0 Å². The second kappa shape index (κ2) is 6.24. The topological polar surface area (TPSA) is 55.6 Å². The molecule has 1 aromatic rings. The zero-order valence-corrected chi connectivity index (χ0v) is 13.8. The van der Waals surface area contributed by atoms with Gasteiger partial charge >= 0.3 is 0 Å². The van der Waals surface area contributed by atoms with Crippen LogP contribution in [0.4, 0.5) is 4.39 Å². The molecule has 2 N–H and O–H groups in total. The van der Waals surface area contributed by atoms with Crippen LogP contribution in [-0.4, -0.2) is 35.5 Å². The number of carbonyl (C=O) groups excluding carboxylic acids is 1. The molecule has 0 bridgehead atoms. The van der Waals surface area contributed by atoms with Crippen LogP contribution < -0.4 is 10.5 Å². The van der Waals surface area contributed by atoms with Gasteiger partial charge in [0.2, 0.25) is 5.91 Å². The summed E-state index contributed by atoms with van der Waals surface area (Å²) in [6, 6.07) is 2.79. The van der Waals surface area contributed by atoms with Crippen LogP contribution in [0, 0.1) is 5.82 Å². The van der Waals surface area contributed by atoms with E-state index in [0.29, 0.717) is 24.2 Å². The molecule has 0 radical (unpaired) electrons. The zero-order chi connectivity index (χ0) is 16.5. The van der Waals surface area contributed by atoms with Crippen LogP contribution >= 0.6 is 0 Å². The Bertz CT molecular complexity index is 567. The Hall–Kier alpha value is -1.62. The summed E-state index contributed by atoms with van der Waals surface area (Å²) in [7, 11) is 0. The first-order valence-corrected chi connectivity index (χ1v) is 7.76. The highest BCUT2D eigenvalue weighted by Crippen LogP contribution is 2.34. The van der Waals surface area contributed by atoms with Crippen LogP contribution in [0.3, 0.4) is 0 Å². The van der Waals surface area contributed by atoms with Crippen LogP contribution in [-0.2, 0) is 6.42 Å². The lowest BCUT2D eigenvalue weighted by Gasteiger charge is -2.43. The highest BCUT2D eigenvalue weighted by atomic mass is 19.1. The van der Waals surface area contributed by atoms with Crippen molar-refractivity contribution in [2.45, 2.75) is 52.1 Å². The summed E-state index contributed by atoms with van der Waals surface area (Å²) in [6.45, 7) is 9.93. The first-order valence-electron chi connectivity index (χ1n) is 7.76. The first-order chi connectivity index (χ1) is 10.3. The van der Waals surface area contributed by atoms with E-state index in [2.05, 4.69) is 32.6 Å². The van der Waals surface area contributed by atoms with Crippen molar-refractivity contribution in [1.82, 2.24) is 4.90 Å². The van der Waals surface area contributed by atoms with Gasteiger partial charge < -0.3 is 10.5 Å². The molecule has 0 saturated carbocycles. The molecule has 0 aromatic heterocycles. The van der Waals surface area contributed by atoms with Crippen molar-refractivity contribution < 1.29 is 13.9 Å². The Labute approximate surface area is 131 Å². The second-order valence-electron chi connectivity index (χ2n) is 6.80. The molecule has 0 spiro atoms. The van der Waals surface area contributed by atoms with Crippen LogP contribution in [0.1, 0.15) is 50.0 Å². The van der Waals surface area contributed by atoms with Gasteiger partial charge in [0.25, 0.3) is 0 Å². The molecule has 22 heavy (non-hydrogen) atoms. The molecule has 1 aromatic carbocycles. The second-order valence-corrected chi connectivity index (χ2v) is 6.80. The summed E-state index contributed by atoms with van der Waals surface area (Å²) in [6.07, 6.45) is 1.59. The van der Waals surface area contributed by atoms with Crippen molar-refractivity contribution in [3.8, 4) is 5.75 Å². The molecule has 0 aliphatic carbocycles. The fraction of sp³-hybridized carbons (Fsp3) is 0.588. The summed E-state index contributed by atoms with van der Waals surface area (Å²) in [5.41, 5.74) is 6.34. The van der Waals surface area contributed by atoms with Gasteiger partial charge in [0.1, 0.15) is 6.61 Å². The van der Waals surface area contributed by atoms with E-state index >= 15 is 0 Å². The van der Waals surface area contributed by atoms with E-state index in [1.54, 1.807) is 0 Å². The van der Waals surface area contributed by atoms with Crippen molar-refractivity contribution >= 4 is 5.91 Å². The number of rotatable bonds is 4. The number of halogens is 1. The van der Waals surface area contributed by atoms with E-state index < -0.39 is 11.7 Å². The summed E-state index contributed by atoms with van der Waals surface area (Å²) in [5, 5.41) is 0. The first kappa shape index (κ1) is 16.7. The molecule has 1 amide bonds. The van der Waals surface area contributed by atoms with Crippen LogP contribution in [0.2, 0.25) is 0 Å². The van der Waals surface area contributed by atoms with Crippen LogP contribution in [0.5, 0.6) is 5.75 Å². The molecule has 0 saturated heterocycles. The lowest BCUT2D eigenvalue weighted by molar-refractivity contribution is 0.0423. The maximum atomic E-state index is 13.9. The fourth-order valence-electron chi connectivity index (χ4n) is 3.17. The number of nitrogens with zero attached hydrogens (tertiary/aromatic N) is 1. The van der Waals surface area contributed by atoms with Gasteiger partial charge in [-0.1, -0.05) is 6.92 Å². The Morgan fingerprint density at radius 1 is 1.45 bits per heavy atom. The largest absolute Gasteiger partial charge is 0.489 e. The number of carbonyl (C=O) groups is 1. The molecular formula is C17H25FN2O2. The predicted octanol–water partition coefficient (Wildman–Crippen LogP) is 2.74. The molecule has 0 fully saturated rings. The zero-order valence-electron chi connectivity index (χ0n) is 13.8. The normalized spacial score (nSPS) is 18.0. The van der Waals surface area contributed by atoms with E-state index in [-0.39, 0.29) is 17.3 Å². The average molecular weight is 308 g/mol. The van der Waals surface area contributed by atoms with Crippen molar-refractivity contribution in [2.24, 2.45) is 5.73 Å². The number of amides is 1. The number of benzene rings is 1. The van der Waals surface area contributed by atoms with Gasteiger partial charge in [-0.05, 0) is 52.3 Å². The lowest BCUT2D eigenvalue weighted by Crippen LogP contribution is -2.53. The van der Waals surface area contributed by atoms with Crippen LogP contribution in [0.15, 0.2) is 12.1 Å². The molecule has 0 unspecified atom stereocenters. The van der Waals surface area contributed by atoms with E-state index in [1.165, 1.54) is 12.1 Å². The highest BCUT2D eigenvalue weighted by molar-refractivity contribution is 5.95. The highest BCUT2D eigenvalue weighted by Gasteiger charge is 2.34. The van der Waals surface area contributed by atoms with Gasteiger partial charge in [0, 0.05) is 22.7 Å². The number of nitrogens with two attached hydrogens (primary N) is 1. The third-order valence-corrected chi connectivity index (χ3v) is 4.10. The third-order valence-electron chi connectivity index (χ3n) is 4.10. The Morgan fingerprint density at radius 2 is 2.14 bits per heavy atom. The van der Waals surface area contributed by atoms with E-state index in [4.69, 9.17) is 10.5 Å². The number of ether oxygens (including phenoxy) is 1. The SMILES string of the molecule is CCCN([C@H]1COc2c(F)ccc(C(N)=O)c2C1)C(C)(C)C. The summed E-state index contributed by atoms with van der Waals surface area (Å²) in [5.74, 6) is -0.799. The monoisotopic (exact) mass is 308 g/mol. The van der Waals surface area contributed by atoms with Crippen molar-refractivity contribution in [2.75, 3.05) is 13.2 Å². The molecule has 4 nitrogen and oxygen atoms in total. The van der Waals surface area contributed by atoms with Crippen molar-refractivity contribution in [3.05, 3.63) is 29.1 Å². The van der Waals surface area contributed by atoms with E-state index in [9.17, 15) is 9.18 Å². The van der Waals surface area contributed by atoms with Gasteiger partial charge in [-0.25, -0.2) is 4.39 Å². The smallest absolute Gasteiger partial charge is 0.249 e. The number of hydrogen-bond acceptors (Lipinski definition) is 3. The minimum Gasteiger partial charge on any atom is -0.489 e. The Balaban J connectivity index is 2.37. The molecule has 1 heterocycles. The number of fused-ring (bicyclic) bond motifs is 1. The van der Waals surface area contributed by atoms with E-state index in [1.807, 2.05) is 0 Å². The molecule has 1 aliphatic rings. The molecule has 1 aliphatic heterocycles. The predicted molar refractivity (Wildman–Crippen MR) is 84.7 cm³/mol. The maximum absolute atomic E-state index is 13.9. The summed E-state index contributed by atoms with van der Waals surface area (Å²) in [4.78, 5) is 14.0. The molecular weight excluding hydrogens is 283 g/mol. The minimum absolute atomic E-state index is 0.0260. The van der Waals surface area contributed by atoms with Gasteiger partial charge in [0.05, 0.1) is 0 Å². The standard InChI is InChI=1S/C17H25FN2O2/c1-5-8-20(17(2,3)4)11-9-13-12(16(19)21)6-7-14(18)15(13)22-10-11/h6-7,11H,5,8-10H2,1-4H3,(H2,19,21)/t11-/m1/s1. The fourth-order valence-corrected chi connectivity index (χ4v) is 3.17. The minimum atomic E-state index is -0.543. The van der Waals surface area contributed by atoms with Crippen molar-refractivity contribution in [3.63, 3.8) is 0 Å². The van der Waals surface area contributed by atoms with Crippen LogP contribution in [0.25, 0.3) is 0 Å². The molecule has 5 heteroatoms. The summed E-state index contributed by atoms with van der Waals surface area (Å²) < 4.78 is 19.6. The molecule has 1 atom stereocenters. The van der Waals surface area contributed by atoms with Gasteiger partial charge in [0.15, 0.2) is 11.6 Å². The van der Waals surface area contributed by atoms with Crippen molar-refractivity contribution in [1.29, 1.82) is 0 Å². The maximum Gasteiger partial charge on any atom is 0.249 e. The van der Waals surface area contributed by atoms with E-state index in [0.717, 1.165) is 13.0 Å². The quantitative estimate of drug-likeness (QED) is 0.930. The Kier molecular flexibility index (Phi) is 4.75. The molecule has 2 rings (SSSR count). The van der Waals surface area contributed by atoms with Gasteiger partial charge in [-0.3, -0.25) is 9.69 Å². The third kappa shape index (κ3) is 3.24. The Morgan fingerprint density at radius 3 is 2.68 bits per heavy atom. The average Bonchev–Trinajstić information content (AvgIpc) is 2.43.